The maximum Gasteiger partial charge on any atom is 0.184 e. The fourth-order valence-corrected chi connectivity index (χ4v) is 2.35. The molecule has 2 rings (SSSR count). The maximum absolute atomic E-state index is 5.84. The molecule has 0 aliphatic rings. The van der Waals surface area contributed by atoms with Crippen LogP contribution in [0.2, 0.25) is 5.02 Å². The number of nitrogens with zero attached hydrogens (tertiary/aromatic N) is 1. The molecule has 0 aliphatic heterocycles. The van der Waals surface area contributed by atoms with Crippen molar-refractivity contribution >= 4 is 49.3 Å². The molecule has 0 saturated heterocycles. The van der Waals surface area contributed by atoms with E-state index < -0.39 is 0 Å². The summed E-state index contributed by atoms with van der Waals surface area (Å²) in [5.41, 5.74) is 6.41. The Kier molecular flexibility index (Phi) is 3.04. The zero-order valence-corrected chi connectivity index (χ0v) is 11.2. The Morgan fingerprint density at radius 1 is 1.33 bits per heavy atom. The van der Waals surface area contributed by atoms with Crippen molar-refractivity contribution in [3.63, 3.8) is 0 Å². The van der Waals surface area contributed by atoms with Crippen LogP contribution in [-0.2, 0) is 0 Å². The zero-order chi connectivity index (χ0) is 11.0. The molecule has 0 bridgehead atoms. The van der Waals surface area contributed by atoms with E-state index >= 15 is 0 Å². The third-order valence-corrected chi connectivity index (χ3v) is 3.49. The fraction of sp³-hybridized carbons (Fsp3) is 0. The normalized spacial score (nSPS) is 10.6. The Morgan fingerprint density at radius 3 is 2.60 bits per heavy atom. The number of benzene rings is 1. The van der Waals surface area contributed by atoms with E-state index in [1.807, 2.05) is 6.07 Å². The Hall–Kier alpha value is -0.520. The third-order valence-electron chi connectivity index (χ3n) is 1.84. The summed E-state index contributed by atoms with van der Waals surface area (Å²) in [6, 6.07) is 5.38. The van der Waals surface area contributed by atoms with E-state index in [-0.39, 0.29) is 0 Å². The Morgan fingerprint density at radius 2 is 2.07 bits per heavy atom. The summed E-state index contributed by atoms with van der Waals surface area (Å²) in [7, 11) is 0. The molecule has 0 aliphatic carbocycles. The van der Waals surface area contributed by atoms with Crippen molar-refractivity contribution in [1.82, 2.24) is 5.16 Å². The monoisotopic (exact) mass is 350 g/mol. The average molecular weight is 352 g/mol. The summed E-state index contributed by atoms with van der Waals surface area (Å²) in [4.78, 5) is 0. The molecule has 1 heterocycles. The predicted molar refractivity (Wildman–Crippen MR) is 66.8 cm³/mol. The predicted octanol–water partition coefficient (Wildman–Crippen LogP) is 4.10. The lowest BCUT2D eigenvalue weighted by Crippen LogP contribution is -1.83. The van der Waals surface area contributed by atoms with Gasteiger partial charge in [0.15, 0.2) is 11.6 Å². The van der Waals surface area contributed by atoms with E-state index in [1.165, 1.54) is 0 Å². The molecule has 6 heteroatoms. The molecule has 0 radical (unpaired) electrons. The van der Waals surface area contributed by atoms with Gasteiger partial charge in [-0.1, -0.05) is 16.8 Å². The second kappa shape index (κ2) is 4.15. The number of hydrogen-bond donors (Lipinski definition) is 1. The Labute approximate surface area is 108 Å². The van der Waals surface area contributed by atoms with Crippen LogP contribution in [0.1, 0.15) is 0 Å². The summed E-state index contributed by atoms with van der Waals surface area (Å²) in [6.45, 7) is 0. The lowest BCUT2D eigenvalue weighted by Gasteiger charge is -2.00. The zero-order valence-electron chi connectivity index (χ0n) is 7.30. The molecule has 15 heavy (non-hydrogen) atoms. The van der Waals surface area contributed by atoms with Gasteiger partial charge in [0, 0.05) is 15.1 Å². The summed E-state index contributed by atoms with van der Waals surface area (Å²) in [5.74, 6) is 0.905. The molecule has 78 valence electrons. The topological polar surface area (TPSA) is 52.0 Å². The van der Waals surface area contributed by atoms with Gasteiger partial charge in [0.1, 0.15) is 4.47 Å². The van der Waals surface area contributed by atoms with Gasteiger partial charge in [-0.2, -0.15) is 0 Å². The van der Waals surface area contributed by atoms with Gasteiger partial charge >= 0.3 is 0 Å². The number of nitrogens with two attached hydrogens (primary N) is 1. The number of rotatable bonds is 1. The standard InChI is InChI=1S/C9H5Br2ClN2O/c10-6-3-4(12)1-2-5(6)8-7(11)9(13)14-15-8/h1-3H,(H2,13,14). The molecule has 3 nitrogen and oxygen atoms in total. The van der Waals surface area contributed by atoms with E-state index in [0.29, 0.717) is 21.1 Å². The minimum Gasteiger partial charge on any atom is -0.380 e. The van der Waals surface area contributed by atoms with Crippen LogP contribution < -0.4 is 5.73 Å². The molecule has 0 unspecified atom stereocenters. The lowest BCUT2D eigenvalue weighted by atomic mass is 10.2. The highest BCUT2D eigenvalue weighted by Crippen LogP contribution is 2.37. The largest absolute Gasteiger partial charge is 0.380 e. The minimum absolute atomic E-state index is 0.326. The van der Waals surface area contributed by atoms with Crippen molar-refractivity contribution in [2.24, 2.45) is 0 Å². The highest BCUT2D eigenvalue weighted by atomic mass is 79.9. The van der Waals surface area contributed by atoms with E-state index in [0.717, 1.165) is 10.0 Å². The smallest absolute Gasteiger partial charge is 0.184 e. The molecular formula is C9H5Br2ClN2O. The summed E-state index contributed by atoms with van der Waals surface area (Å²) < 4.78 is 6.58. The SMILES string of the molecule is Nc1noc(-c2ccc(Cl)cc2Br)c1Br. The van der Waals surface area contributed by atoms with Gasteiger partial charge in [0.05, 0.1) is 0 Å². The first kappa shape index (κ1) is 11.0. The lowest BCUT2D eigenvalue weighted by molar-refractivity contribution is 0.435. The average Bonchev–Trinajstić information content (AvgIpc) is 2.49. The van der Waals surface area contributed by atoms with Crippen LogP contribution >= 0.6 is 43.5 Å². The van der Waals surface area contributed by atoms with Crippen molar-refractivity contribution in [3.05, 3.63) is 32.2 Å². The number of anilines is 1. The van der Waals surface area contributed by atoms with Crippen LogP contribution in [0, 0.1) is 0 Å². The third kappa shape index (κ3) is 2.04. The summed E-state index contributed by atoms with van der Waals surface area (Å²) in [6.07, 6.45) is 0. The quantitative estimate of drug-likeness (QED) is 0.841. The van der Waals surface area contributed by atoms with Crippen molar-refractivity contribution < 1.29 is 4.52 Å². The first-order valence-electron chi connectivity index (χ1n) is 3.95. The first-order chi connectivity index (χ1) is 7.09. The van der Waals surface area contributed by atoms with Gasteiger partial charge in [-0.3, -0.25) is 0 Å². The van der Waals surface area contributed by atoms with E-state index in [4.69, 9.17) is 21.9 Å². The van der Waals surface area contributed by atoms with E-state index in [1.54, 1.807) is 12.1 Å². The summed E-state index contributed by atoms with van der Waals surface area (Å²) >= 11 is 12.5. The number of nitrogen functional groups attached to an aromatic ring is 1. The van der Waals surface area contributed by atoms with Crippen LogP contribution in [0.5, 0.6) is 0 Å². The maximum atomic E-state index is 5.84. The van der Waals surface area contributed by atoms with Gasteiger partial charge in [0.2, 0.25) is 0 Å². The van der Waals surface area contributed by atoms with Crippen LogP contribution in [0.15, 0.2) is 31.7 Å². The summed E-state index contributed by atoms with van der Waals surface area (Å²) in [5, 5.41) is 4.31. The van der Waals surface area contributed by atoms with Crippen LogP contribution in [0.4, 0.5) is 5.82 Å². The van der Waals surface area contributed by atoms with Crippen LogP contribution in [0.3, 0.4) is 0 Å². The number of halogens is 3. The van der Waals surface area contributed by atoms with Gasteiger partial charge in [-0.15, -0.1) is 0 Å². The van der Waals surface area contributed by atoms with Crippen molar-refractivity contribution in [3.8, 4) is 11.3 Å². The van der Waals surface area contributed by atoms with Crippen molar-refractivity contribution in [2.45, 2.75) is 0 Å². The van der Waals surface area contributed by atoms with Gasteiger partial charge in [-0.05, 0) is 50.1 Å². The fourth-order valence-electron chi connectivity index (χ4n) is 1.13. The van der Waals surface area contributed by atoms with Crippen molar-refractivity contribution in [1.29, 1.82) is 0 Å². The molecule has 2 N–H and O–H groups in total. The second-order valence-electron chi connectivity index (χ2n) is 2.84. The Bertz CT molecular complexity index is 513. The minimum atomic E-state index is 0.326. The molecule has 0 fully saturated rings. The van der Waals surface area contributed by atoms with Crippen molar-refractivity contribution in [2.75, 3.05) is 5.73 Å². The van der Waals surface area contributed by atoms with E-state index in [9.17, 15) is 0 Å². The Balaban J connectivity index is 2.59. The molecule has 0 saturated carbocycles. The van der Waals surface area contributed by atoms with Crippen LogP contribution in [0.25, 0.3) is 11.3 Å². The molecular weight excluding hydrogens is 347 g/mol. The number of hydrogen-bond acceptors (Lipinski definition) is 3. The van der Waals surface area contributed by atoms with Gasteiger partial charge in [-0.25, -0.2) is 0 Å². The molecule has 2 aromatic rings. The van der Waals surface area contributed by atoms with Crippen LogP contribution in [-0.4, -0.2) is 5.16 Å². The highest BCUT2D eigenvalue weighted by molar-refractivity contribution is 9.11. The molecule has 1 aromatic heterocycles. The molecule has 0 atom stereocenters. The highest BCUT2D eigenvalue weighted by Gasteiger charge is 2.15. The second-order valence-corrected chi connectivity index (χ2v) is 4.92. The first-order valence-corrected chi connectivity index (χ1v) is 5.92. The molecule has 1 aromatic carbocycles. The number of aromatic nitrogens is 1. The van der Waals surface area contributed by atoms with E-state index in [2.05, 4.69) is 37.0 Å². The van der Waals surface area contributed by atoms with Gasteiger partial charge < -0.3 is 10.3 Å². The molecule has 0 amide bonds. The molecule has 0 spiro atoms. The van der Waals surface area contributed by atoms with Gasteiger partial charge in [0.25, 0.3) is 0 Å².